The van der Waals surface area contributed by atoms with Gasteiger partial charge in [-0.15, -0.1) is 0 Å². The van der Waals surface area contributed by atoms with Crippen molar-refractivity contribution in [1.29, 1.82) is 0 Å². The predicted molar refractivity (Wildman–Crippen MR) is 142 cm³/mol. The molecule has 0 bridgehead atoms. The van der Waals surface area contributed by atoms with Gasteiger partial charge in [0.25, 0.3) is 20.2 Å². The normalized spacial score (nSPS) is 21.1. The molecule has 1 aliphatic heterocycles. The lowest BCUT2D eigenvalue weighted by atomic mass is 9.96. The van der Waals surface area contributed by atoms with Crippen molar-refractivity contribution in [2.75, 3.05) is 31.5 Å². The average molecular weight is 665 g/mol. The van der Waals surface area contributed by atoms with Gasteiger partial charge in [0.2, 0.25) is 0 Å². The minimum atomic E-state index is -4.07. The molecule has 0 aliphatic carbocycles. The van der Waals surface area contributed by atoms with E-state index in [9.17, 15) is 21.6 Å². The standard InChI is InChI=1S/C22H26BrN5O10S2/c1-13(29)37-16-17(34-9-14-7-5-4-6-8-14)22(10-35-39(2,30)31,11-36-40(3,32)33)38-21(16)28-20-15(18(23)27-28)19(24)25-12-26-20/h4-8,12,16-17,21H,9-11H2,1-3H3,(H2,24,25,26)/t16?,17?,21-/m1/s1. The Labute approximate surface area is 238 Å². The van der Waals surface area contributed by atoms with Crippen LogP contribution in [0.4, 0.5) is 5.82 Å². The number of anilines is 1. The van der Waals surface area contributed by atoms with Gasteiger partial charge in [-0.25, -0.2) is 14.6 Å². The lowest BCUT2D eigenvalue weighted by Crippen LogP contribution is -2.53. The Hall–Kier alpha value is -2.74. The first-order valence-corrected chi connectivity index (χ1v) is 16.0. The van der Waals surface area contributed by atoms with Crippen molar-refractivity contribution >= 4 is 59.0 Å². The molecule has 2 aromatic heterocycles. The second kappa shape index (κ2) is 11.6. The fourth-order valence-electron chi connectivity index (χ4n) is 4.15. The van der Waals surface area contributed by atoms with Crippen LogP contribution >= 0.6 is 15.9 Å². The van der Waals surface area contributed by atoms with Crippen molar-refractivity contribution in [2.24, 2.45) is 0 Å². The molecule has 40 heavy (non-hydrogen) atoms. The number of esters is 1. The van der Waals surface area contributed by atoms with E-state index in [2.05, 4.69) is 31.0 Å². The number of aromatic nitrogens is 4. The first-order valence-electron chi connectivity index (χ1n) is 11.5. The number of nitrogens with zero attached hydrogens (tertiary/aromatic N) is 4. The number of carbonyl (C=O) groups is 1. The van der Waals surface area contributed by atoms with Crippen molar-refractivity contribution < 1.29 is 44.2 Å². The second-order valence-corrected chi connectivity index (χ2v) is 13.0. The van der Waals surface area contributed by atoms with Gasteiger partial charge in [-0.05, 0) is 21.5 Å². The first-order chi connectivity index (χ1) is 18.7. The van der Waals surface area contributed by atoms with Crippen molar-refractivity contribution in [3.05, 3.63) is 46.8 Å². The maximum Gasteiger partial charge on any atom is 0.303 e. The van der Waals surface area contributed by atoms with E-state index >= 15 is 0 Å². The summed E-state index contributed by atoms with van der Waals surface area (Å²) < 4.78 is 77.9. The molecular formula is C22H26BrN5O10S2. The molecule has 2 N–H and O–H groups in total. The summed E-state index contributed by atoms with van der Waals surface area (Å²) in [6.07, 6.45) is -1.17. The molecule has 2 unspecified atom stereocenters. The summed E-state index contributed by atoms with van der Waals surface area (Å²) in [6, 6.07) is 8.90. The van der Waals surface area contributed by atoms with Gasteiger partial charge in [-0.3, -0.25) is 13.2 Å². The minimum Gasteiger partial charge on any atom is -0.455 e. The number of nitrogen functional groups attached to an aromatic ring is 1. The monoisotopic (exact) mass is 663 g/mol. The van der Waals surface area contributed by atoms with Crippen LogP contribution in [0.5, 0.6) is 0 Å². The highest BCUT2D eigenvalue weighted by Crippen LogP contribution is 2.44. The molecule has 0 spiro atoms. The highest BCUT2D eigenvalue weighted by Gasteiger charge is 2.60. The van der Waals surface area contributed by atoms with E-state index in [1.165, 1.54) is 11.0 Å². The Balaban J connectivity index is 1.87. The summed E-state index contributed by atoms with van der Waals surface area (Å²) in [6.45, 7) is -0.417. The van der Waals surface area contributed by atoms with Gasteiger partial charge in [0.05, 0.1) is 24.5 Å². The quantitative estimate of drug-likeness (QED) is 0.224. The average Bonchev–Trinajstić information content (AvgIpc) is 3.35. The van der Waals surface area contributed by atoms with Crippen LogP contribution in [-0.2, 0) is 54.2 Å². The Kier molecular flexibility index (Phi) is 8.79. The van der Waals surface area contributed by atoms with Crippen LogP contribution in [0.1, 0.15) is 18.7 Å². The maximum absolute atomic E-state index is 12.3. The molecule has 1 aliphatic rings. The Bertz CT molecular complexity index is 1560. The highest BCUT2D eigenvalue weighted by atomic mass is 79.9. The minimum absolute atomic E-state index is 0.0580. The number of carbonyl (C=O) groups excluding carboxylic acids is 1. The number of hydrogen-bond acceptors (Lipinski definition) is 14. The number of halogens is 1. The van der Waals surface area contributed by atoms with Crippen molar-refractivity contribution in [1.82, 2.24) is 19.7 Å². The molecule has 4 rings (SSSR count). The predicted octanol–water partition coefficient (Wildman–Crippen LogP) is 0.908. The summed E-state index contributed by atoms with van der Waals surface area (Å²) >= 11 is 3.31. The van der Waals surface area contributed by atoms with Crippen LogP contribution in [0.3, 0.4) is 0 Å². The summed E-state index contributed by atoms with van der Waals surface area (Å²) in [5.41, 5.74) is 4.94. The van der Waals surface area contributed by atoms with Crippen LogP contribution in [0.15, 0.2) is 41.3 Å². The molecule has 3 heterocycles. The van der Waals surface area contributed by atoms with Gasteiger partial charge in [-0.2, -0.15) is 21.9 Å². The molecule has 0 amide bonds. The van der Waals surface area contributed by atoms with Crippen LogP contribution in [0, 0.1) is 0 Å². The number of hydrogen-bond donors (Lipinski definition) is 1. The van der Waals surface area contributed by atoms with Gasteiger partial charge < -0.3 is 19.9 Å². The summed E-state index contributed by atoms with van der Waals surface area (Å²) in [7, 11) is -8.14. The van der Waals surface area contributed by atoms with Crippen LogP contribution < -0.4 is 5.73 Å². The zero-order valence-corrected chi connectivity index (χ0v) is 24.7. The zero-order valence-electron chi connectivity index (χ0n) is 21.5. The molecule has 0 saturated carbocycles. The lowest BCUT2D eigenvalue weighted by molar-refractivity contribution is -0.159. The third-order valence-electron chi connectivity index (χ3n) is 5.78. The number of fused-ring (bicyclic) bond motifs is 1. The molecule has 18 heteroatoms. The summed E-state index contributed by atoms with van der Waals surface area (Å²) in [5.74, 6) is -0.644. The summed E-state index contributed by atoms with van der Waals surface area (Å²) in [5, 5.41) is 4.71. The molecule has 1 aromatic carbocycles. The number of rotatable bonds is 11. The Morgan fingerprint density at radius 2 is 1.73 bits per heavy atom. The van der Waals surface area contributed by atoms with Crippen molar-refractivity contribution in [2.45, 2.75) is 37.6 Å². The molecule has 15 nitrogen and oxygen atoms in total. The number of ether oxygens (including phenoxy) is 3. The fourth-order valence-corrected chi connectivity index (χ4v) is 5.53. The van der Waals surface area contributed by atoms with Gasteiger partial charge in [0.1, 0.15) is 36.1 Å². The molecule has 1 saturated heterocycles. The van der Waals surface area contributed by atoms with Crippen LogP contribution in [0.25, 0.3) is 11.0 Å². The van der Waals surface area contributed by atoms with E-state index in [1.807, 2.05) is 0 Å². The van der Waals surface area contributed by atoms with E-state index in [4.69, 9.17) is 28.3 Å². The van der Waals surface area contributed by atoms with Gasteiger partial charge in [-0.1, -0.05) is 30.3 Å². The molecule has 3 atom stereocenters. The molecule has 1 fully saturated rings. The molecular weight excluding hydrogens is 638 g/mol. The third kappa shape index (κ3) is 6.93. The van der Waals surface area contributed by atoms with Crippen LogP contribution in [-0.4, -0.2) is 86.1 Å². The fraction of sp³-hybridized carbons (Fsp3) is 0.455. The largest absolute Gasteiger partial charge is 0.455 e. The molecule has 3 aromatic rings. The summed E-state index contributed by atoms with van der Waals surface area (Å²) in [4.78, 5) is 20.5. The van der Waals surface area contributed by atoms with E-state index in [-0.39, 0.29) is 22.7 Å². The second-order valence-electron chi connectivity index (χ2n) is 8.99. The first kappa shape index (κ1) is 30.2. The maximum atomic E-state index is 12.3. The lowest BCUT2D eigenvalue weighted by Gasteiger charge is -2.33. The third-order valence-corrected chi connectivity index (χ3v) is 7.43. The smallest absolute Gasteiger partial charge is 0.303 e. The number of benzene rings is 1. The molecule has 218 valence electrons. The Morgan fingerprint density at radius 3 is 2.30 bits per heavy atom. The van der Waals surface area contributed by atoms with Gasteiger partial charge in [0.15, 0.2) is 23.6 Å². The van der Waals surface area contributed by atoms with Crippen molar-refractivity contribution in [3.63, 3.8) is 0 Å². The SMILES string of the molecule is CC(=O)OC1C(OCc2ccccc2)C(COS(C)(=O)=O)(COS(C)(=O)=O)O[C@H]1n1nc(Br)c2c(N)ncnc21. The Morgan fingerprint density at radius 1 is 1.10 bits per heavy atom. The topological polar surface area (TPSA) is 201 Å². The van der Waals surface area contributed by atoms with E-state index in [0.29, 0.717) is 10.9 Å². The number of nitrogens with two attached hydrogens (primary N) is 1. The zero-order chi connectivity index (χ0) is 29.3. The van der Waals surface area contributed by atoms with Crippen LogP contribution in [0.2, 0.25) is 0 Å². The van der Waals surface area contributed by atoms with Gasteiger partial charge in [0, 0.05) is 6.92 Å². The van der Waals surface area contributed by atoms with Gasteiger partial charge >= 0.3 is 5.97 Å². The van der Waals surface area contributed by atoms with E-state index < -0.39 is 63.5 Å². The van der Waals surface area contributed by atoms with E-state index in [1.54, 1.807) is 30.3 Å². The highest BCUT2D eigenvalue weighted by molar-refractivity contribution is 9.10. The molecule has 0 radical (unpaired) electrons. The van der Waals surface area contributed by atoms with Crippen molar-refractivity contribution in [3.8, 4) is 0 Å². The van der Waals surface area contributed by atoms with E-state index in [0.717, 1.165) is 19.4 Å².